The van der Waals surface area contributed by atoms with E-state index in [1.54, 1.807) is 0 Å². The lowest BCUT2D eigenvalue weighted by molar-refractivity contribution is -0.274. The summed E-state index contributed by atoms with van der Waals surface area (Å²) < 4.78 is 70.9. The van der Waals surface area contributed by atoms with E-state index in [1.165, 1.54) is 0 Å². The maximum atomic E-state index is 12.1. The predicted octanol–water partition coefficient (Wildman–Crippen LogP) is 1.57. The largest absolute Gasteiger partial charge is 0.573 e. The van der Waals surface area contributed by atoms with Crippen molar-refractivity contribution in [3.8, 4) is 5.75 Å². The van der Waals surface area contributed by atoms with Crippen LogP contribution < -0.4 is 14.8 Å². The van der Waals surface area contributed by atoms with Crippen molar-refractivity contribution in [1.29, 1.82) is 0 Å². The minimum atomic E-state index is -4.90. The second-order valence-corrected chi connectivity index (χ2v) is 7.88. The molecule has 0 heterocycles. The predicted molar refractivity (Wildman–Crippen MR) is 91.7 cm³/mol. The van der Waals surface area contributed by atoms with Gasteiger partial charge in [-0.1, -0.05) is 13.8 Å². The van der Waals surface area contributed by atoms with Crippen LogP contribution in [0, 0.1) is 5.92 Å². The Balaban J connectivity index is 2.71. The van der Waals surface area contributed by atoms with Crippen LogP contribution in [-0.4, -0.2) is 46.4 Å². The van der Waals surface area contributed by atoms with Gasteiger partial charge in [-0.2, -0.15) is 0 Å². The Morgan fingerprint density at radius 1 is 1.14 bits per heavy atom. The molecule has 1 atom stereocenters. The van der Waals surface area contributed by atoms with Crippen molar-refractivity contribution >= 4 is 21.9 Å². The third kappa shape index (κ3) is 8.13. The van der Waals surface area contributed by atoms with Crippen LogP contribution in [-0.2, 0) is 24.3 Å². The van der Waals surface area contributed by atoms with Crippen LogP contribution in [0.5, 0.6) is 5.75 Å². The number of sulfonamides is 1. The fourth-order valence-corrected chi connectivity index (χ4v) is 3.12. The standard InChI is InChI=1S/C16H21F3N2O6S/c1-10(2)8-13(15(23)26-3)21-14(22)9-20-28(24,25)12-6-4-11(5-7-12)27-16(17,18)19/h4-7,10,13,20H,8-9H2,1-3H3,(H,21,22). The number of halogens is 3. The fourth-order valence-electron chi connectivity index (χ4n) is 2.14. The number of rotatable bonds is 9. The molecule has 28 heavy (non-hydrogen) atoms. The van der Waals surface area contributed by atoms with Gasteiger partial charge in [-0.25, -0.2) is 17.9 Å². The topological polar surface area (TPSA) is 111 Å². The molecule has 1 aromatic carbocycles. The maximum absolute atomic E-state index is 12.1. The number of amides is 1. The molecule has 1 rings (SSSR count). The normalized spacial score (nSPS) is 13.1. The number of nitrogens with one attached hydrogen (secondary N) is 2. The van der Waals surface area contributed by atoms with E-state index in [1.807, 2.05) is 18.6 Å². The molecule has 0 saturated heterocycles. The summed E-state index contributed by atoms with van der Waals surface area (Å²) in [6.07, 6.45) is -4.60. The van der Waals surface area contributed by atoms with Crippen molar-refractivity contribution in [1.82, 2.24) is 10.0 Å². The van der Waals surface area contributed by atoms with Crippen LogP contribution >= 0.6 is 0 Å². The Morgan fingerprint density at radius 3 is 2.18 bits per heavy atom. The van der Waals surface area contributed by atoms with Gasteiger partial charge in [0.15, 0.2) is 0 Å². The van der Waals surface area contributed by atoms with Gasteiger partial charge in [-0.15, -0.1) is 13.2 Å². The molecule has 0 spiro atoms. The molecule has 0 saturated carbocycles. The molecule has 0 aliphatic heterocycles. The lowest BCUT2D eigenvalue weighted by Crippen LogP contribution is -2.46. The summed E-state index contributed by atoms with van der Waals surface area (Å²) in [6, 6.07) is 2.53. The van der Waals surface area contributed by atoms with Crippen molar-refractivity contribution < 1.29 is 40.7 Å². The molecule has 12 heteroatoms. The van der Waals surface area contributed by atoms with Gasteiger partial charge in [-0.3, -0.25) is 4.79 Å². The average molecular weight is 426 g/mol. The Hall–Kier alpha value is -2.34. The Bertz CT molecular complexity index is 779. The number of carbonyl (C=O) groups is 2. The molecular formula is C16H21F3N2O6S. The van der Waals surface area contributed by atoms with Crippen LogP contribution in [0.2, 0.25) is 0 Å². The zero-order valence-electron chi connectivity index (χ0n) is 15.4. The first-order valence-corrected chi connectivity index (χ1v) is 9.55. The van der Waals surface area contributed by atoms with Crippen molar-refractivity contribution in [2.24, 2.45) is 5.92 Å². The van der Waals surface area contributed by atoms with Gasteiger partial charge in [0.25, 0.3) is 0 Å². The molecule has 1 unspecified atom stereocenters. The van der Waals surface area contributed by atoms with Gasteiger partial charge < -0.3 is 14.8 Å². The molecular weight excluding hydrogens is 405 g/mol. The first-order valence-electron chi connectivity index (χ1n) is 8.06. The lowest BCUT2D eigenvalue weighted by atomic mass is 10.0. The van der Waals surface area contributed by atoms with Crippen molar-refractivity contribution in [2.45, 2.75) is 37.6 Å². The van der Waals surface area contributed by atoms with Crippen LogP contribution in [0.3, 0.4) is 0 Å². The number of methoxy groups -OCH3 is 1. The molecule has 0 aliphatic rings. The molecule has 8 nitrogen and oxygen atoms in total. The molecule has 1 aromatic rings. The average Bonchev–Trinajstić information content (AvgIpc) is 2.57. The Kier molecular flexibility index (Phi) is 8.24. The first kappa shape index (κ1) is 23.7. The van der Waals surface area contributed by atoms with Gasteiger partial charge in [-0.05, 0) is 36.6 Å². The summed E-state index contributed by atoms with van der Waals surface area (Å²) in [4.78, 5) is 23.3. The number of hydrogen-bond acceptors (Lipinski definition) is 6. The number of ether oxygens (including phenoxy) is 2. The first-order chi connectivity index (χ1) is 12.8. The van der Waals surface area contributed by atoms with E-state index >= 15 is 0 Å². The summed E-state index contributed by atoms with van der Waals surface area (Å²) >= 11 is 0. The zero-order valence-corrected chi connectivity index (χ0v) is 16.2. The number of esters is 1. The minimum Gasteiger partial charge on any atom is -0.467 e. The summed E-state index contributed by atoms with van der Waals surface area (Å²) in [7, 11) is -3.00. The molecule has 1 amide bonds. The molecule has 2 N–H and O–H groups in total. The molecule has 0 radical (unpaired) electrons. The van der Waals surface area contributed by atoms with Gasteiger partial charge in [0.05, 0.1) is 18.6 Å². The summed E-state index contributed by atoms with van der Waals surface area (Å²) in [5, 5.41) is 2.37. The zero-order chi connectivity index (χ0) is 21.5. The Labute approximate surface area is 160 Å². The second-order valence-electron chi connectivity index (χ2n) is 6.12. The van der Waals surface area contributed by atoms with Gasteiger partial charge in [0.1, 0.15) is 11.8 Å². The lowest BCUT2D eigenvalue weighted by Gasteiger charge is -2.18. The van der Waals surface area contributed by atoms with E-state index in [9.17, 15) is 31.2 Å². The Morgan fingerprint density at radius 2 is 1.71 bits per heavy atom. The molecule has 0 fully saturated rings. The highest BCUT2D eigenvalue weighted by atomic mass is 32.2. The van der Waals surface area contributed by atoms with Crippen LogP contribution in [0.15, 0.2) is 29.2 Å². The smallest absolute Gasteiger partial charge is 0.467 e. The van der Waals surface area contributed by atoms with E-state index in [2.05, 4.69) is 14.8 Å². The molecule has 0 aliphatic carbocycles. The van der Waals surface area contributed by atoms with Gasteiger partial charge in [0.2, 0.25) is 15.9 Å². The van der Waals surface area contributed by atoms with E-state index in [0.717, 1.165) is 31.4 Å². The second kappa shape index (κ2) is 9.73. The highest BCUT2D eigenvalue weighted by molar-refractivity contribution is 7.89. The molecule has 158 valence electrons. The fraction of sp³-hybridized carbons (Fsp3) is 0.500. The number of hydrogen-bond donors (Lipinski definition) is 2. The minimum absolute atomic E-state index is 0.0681. The van der Waals surface area contributed by atoms with Gasteiger partial charge in [0, 0.05) is 0 Å². The maximum Gasteiger partial charge on any atom is 0.573 e. The summed E-state index contributed by atoms with van der Waals surface area (Å²) in [6.45, 7) is 2.99. The van der Waals surface area contributed by atoms with Crippen molar-refractivity contribution in [3.63, 3.8) is 0 Å². The number of alkyl halides is 3. The van der Waals surface area contributed by atoms with Crippen LogP contribution in [0.4, 0.5) is 13.2 Å². The highest BCUT2D eigenvalue weighted by Crippen LogP contribution is 2.23. The van der Waals surface area contributed by atoms with Crippen LogP contribution in [0.1, 0.15) is 20.3 Å². The van der Waals surface area contributed by atoms with E-state index in [-0.39, 0.29) is 10.8 Å². The van der Waals surface area contributed by atoms with E-state index < -0.39 is 46.6 Å². The summed E-state index contributed by atoms with van der Waals surface area (Å²) in [5.41, 5.74) is 0. The number of benzene rings is 1. The van der Waals surface area contributed by atoms with Crippen molar-refractivity contribution in [3.05, 3.63) is 24.3 Å². The third-order valence-corrected chi connectivity index (χ3v) is 4.74. The molecule has 0 bridgehead atoms. The van der Waals surface area contributed by atoms with Gasteiger partial charge >= 0.3 is 12.3 Å². The highest BCUT2D eigenvalue weighted by Gasteiger charge is 2.31. The van der Waals surface area contributed by atoms with E-state index in [4.69, 9.17) is 0 Å². The van der Waals surface area contributed by atoms with E-state index in [0.29, 0.717) is 6.42 Å². The van der Waals surface area contributed by atoms with Crippen molar-refractivity contribution in [2.75, 3.05) is 13.7 Å². The molecule has 0 aromatic heterocycles. The monoisotopic (exact) mass is 426 g/mol. The summed E-state index contributed by atoms with van der Waals surface area (Å²) in [5.74, 6) is -1.95. The third-order valence-electron chi connectivity index (χ3n) is 3.32. The SMILES string of the molecule is COC(=O)C(CC(C)C)NC(=O)CNS(=O)(=O)c1ccc(OC(F)(F)F)cc1. The quantitative estimate of drug-likeness (QED) is 0.580. The van der Waals surface area contributed by atoms with Crippen LogP contribution in [0.25, 0.3) is 0 Å². The number of carbonyl (C=O) groups excluding carboxylic acids is 2.